The zero-order chi connectivity index (χ0) is 17.8. The van der Waals surface area contributed by atoms with Gasteiger partial charge in [0.25, 0.3) is 0 Å². The lowest BCUT2D eigenvalue weighted by atomic mass is 9.90. The molecule has 0 bridgehead atoms. The van der Waals surface area contributed by atoms with Gasteiger partial charge in [0.1, 0.15) is 5.82 Å². The fraction of sp³-hybridized carbons (Fsp3) is 0.474. The number of halogens is 3. The Morgan fingerprint density at radius 2 is 2.04 bits per heavy atom. The molecule has 0 radical (unpaired) electrons. The number of hydrogen-bond acceptors (Lipinski definition) is 4. The number of rotatable bonds is 5. The topological polar surface area (TPSA) is 72.4 Å². The number of carbonyl (C=O) groups excluding carboxylic acids is 1. The summed E-state index contributed by atoms with van der Waals surface area (Å²) in [5.74, 6) is 1.34. The average molecular weight is 418 g/mol. The van der Waals surface area contributed by atoms with E-state index in [9.17, 15) is 9.18 Å². The van der Waals surface area contributed by atoms with Crippen molar-refractivity contribution in [2.75, 3.05) is 13.1 Å². The van der Waals surface area contributed by atoms with Crippen LogP contribution in [0.25, 0.3) is 11.3 Å². The van der Waals surface area contributed by atoms with E-state index in [-0.39, 0.29) is 42.6 Å². The molecule has 2 atom stereocenters. The molecule has 2 N–H and O–H groups in total. The molecule has 1 aliphatic rings. The predicted molar refractivity (Wildman–Crippen MR) is 108 cm³/mol. The lowest BCUT2D eigenvalue weighted by Crippen LogP contribution is -2.51. The molecule has 0 saturated carbocycles. The molecule has 1 aromatic carbocycles. The highest BCUT2D eigenvalue weighted by Crippen LogP contribution is 2.24. The van der Waals surface area contributed by atoms with Crippen molar-refractivity contribution < 1.29 is 13.6 Å². The summed E-state index contributed by atoms with van der Waals surface area (Å²) in [6, 6.07) is 6.18. The van der Waals surface area contributed by atoms with E-state index in [0.29, 0.717) is 37.0 Å². The third-order valence-corrected chi connectivity index (χ3v) is 4.91. The van der Waals surface area contributed by atoms with Crippen LogP contribution in [0.5, 0.6) is 0 Å². The smallest absolute Gasteiger partial charge is 0.223 e. The van der Waals surface area contributed by atoms with Crippen LogP contribution in [0.1, 0.15) is 32.1 Å². The molecule has 150 valence electrons. The summed E-state index contributed by atoms with van der Waals surface area (Å²) < 4.78 is 18.7. The summed E-state index contributed by atoms with van der Waals surface area (Å²) >= 11 is 0. The van der Waals surface area contributed by atoms with Crippen LogP contribution >= 0.6 is 24.8 Å². The molecule has 1 fully saturated rings. The number of likely N-dealkylation sites (tertiary alicyclic amines) is 1. The van der Waals surface area contributed by atoms with Crippen LogP contribution in [0, 0.1) is 11.7 Å². The molecule has 1 amide bonds. The number of benzene rings is 1. The Hall–Kier alpha value is -1.63. The van der Waals surface area contributed by atoms with Gasteiger partial charge in [0.05, 0.1) is 6.20 Å². The van der Waals surface area contributed by atoms with Gasteiger partial charge in [-0.3, -0.25) is 4.79 Å². The first-order valence-corrected chi connectivity index (χ1v) is 8.78. The number of oxazole rings is 1. The van der Waals surface area contributed by atoms with Crippen molar-refractivity contribution in [2.45, 2.75) is 38.6 Å². The lowest BCUT2D eigenvalue weighted by molar-refractivity contribution is -0.136. The Kier molecular flexibility index (Phi) is 9.22. The molecule has 1 aliphatic heterocycles. The molecule has 0 aliphatic carbocycles. The van der Waals surface area contributed by atoms with Crippen molar-refractivity contribution in [3.8, 4) is 11.3 Å². The lowest BCUT2D eigenvalue weighted by Gasteiger charge is -2.39. The Balaban J connectivity index is 0.00000182. The second kappa shape index (κ2) is 10.6. The van der Waals surface area contributed by atoms with Crippen molar-refractivity contribution >= 4 is 30.7 Å². The molecule has 5 nitrogen and oxygen atoms in total. The molecule has 27 heavy (non-hydrogen) atoms. The normalized spacial score (nSPS) is 19.1. The zero-order valence-electron chi connectivity index (χ0n) is 15.3. The van der Waals surface area contributed by atoms with Gasteiger partial charge in [-0.15, -0.1) is 24.8 Å². The van der Waals surface area contributed by atoms with E-state index in [2.05, 4.69) is 11.9 Å². The fourth-order valence-corrected chi connectivity index (χ4v) is 3.45. The highest BCUT2D eigenvalue weighted by molar-refractivity contribution is 5.85. The van der Waals surface area contributed by atoms with Gasteiger partial charge in [0.15, 0.2) is 11.7 Å². The first-order valence-electron chi connectivity index (χ1n) is 8.78. The maximum absolute atomic E-state index is 13.0. The molecule has 1 saturated heterocycles. The first-order chi connectivity index (χ1) is 12.1. The van der Waals surface area contributed by atoms with Crippen molar-refractivity contribution in [3.05, 3.63) is 42.2 Å². The highest BCUT2D eigenvalue weighted by atomic mass is 35.5. The SMILES string of the molecule is CC1CCCN(C(=O)CCc2ncc(-c3ccc(F)cc3)o2)C1CN.Cl.Cl. The van der Waals surface area contributed by atoms with Gasteiger partial charge in [0.2, 0.25) is 5.91 Å². The molecule has 2 unspecified atom stereocenters. The Morgan fingerprint density at radius 3 is 2.70 bits per heavy atom. The van der Waals surface area contributed by atoms with E-state index in [1.54, 1.807) is 18.3 Å². The molecule has 2 aromatic rings. The van der Waals surface area contributed by atoms with Gasteiger partial charge in [0, 0.05) is 37.5 Å². The standard InChI is InChI=1S/C19H24FN3O2.2ClH/c1-13-3-2-10-23(16(13)11-21)19(24)9-8-18-22-12-17(25-18)14-4-6-15(20)7-5-14;;/h4-7,12-13,16H,2-3,8-11,21H2,1H3;2*1H. The summed E-state index contributed by atoms with van der Waals surface area (Å²) in [5.41, 5.74) is 6.62. The molecule has 0 spiro atoms. The Labute approximate surface area is 171 Å². The monoisotopic (exact) mass is 417 g/mol. The molecule has 8 heteroatoms. The summed E-state index contributed by atoms with van der Waals surface area (Å²) in [4.78, 5) is 18.7. The minimum Gasteiger partial charge on any atom is -0.441 e. The van der Waals surface area contributed by atoms with E-state index in [0.717, 1.165) is 24.9 Å². The minimum absolute atomic E-state index is 0. The van der Waals surface area contributed by atoms with Crippen LogP contribution in [0.4, 0.5) is 4.39 Å². The second-order valence-corrected chi connectivity index (χ2v) is 6.63. The number of piperidine rings is 1. The van der Waals surface area contributed by atoms with Crippen LogP contribution in [0.15, 0.2) is 34.9 Å². The summed E-state index contributed by atoms with van der Waals surface area (Å²) in [6.45, 7) is 3.43. The van der Waals surface area contributed by atoms with Gasteiger partial charge >= 0.3 is 0 Å². The van der Waals surface area contributed by atoms with Gasteiger partial charge in [-0.05, 0) is 43.0 Å². The largest absolute Gasteiger partial charge is 0.441 e. The average Bonchev–Trinajstić information content (AvgIpc) is 3.09. The van der Waals surface area contributed by atoms with Gasteiger partial charge in [-0.2, -0.15) is 0 Å². The molecule has 3 rings (SSSR count). The van der Waals surface area contributed by atoms with Crippen molar-refractivity contribution in [3.63, 3.8) is 0 Å². The van der Waals surface area contributed by atoms with Crippen molar-refractivity contribution in [1.29, 1.82) is 0 Å². The summed E-state index contributed by atoms with van der Waals surface area (Å²) in [7, 11) is 0. The Morgan fingerprint density at radius 1 is 1.33 bits per heavy atom. The van der Waals surface area contributed by atoms with E-state index < -0.39 is 0 Å². The maximum Gasteiger partial charge on any atom is 0.223 e. The second-order valence-electron chi connectivity index (χ2n) is 6.63. The van der Waals surface area contributed by atoms with Crippen LogP contribution in [0.2, 0.25) is 0 Å². The third kappa shape index (κ3) is 5.67. The molecule has 1 aromatic heterocycles. The molecular formula is C19H26Cl2FN3O2. The summed E-state index contributed by atoms with van der Waals surface area (Å²) in [6.07, 6.45) is 4.55. The molecule has 2 heterocycles. The maximum atomic E-state index is 13.0. The van der Waals surface area contributed by atoms with Crippen LogP contribution in [-0.2, 0) is 11.2 Å². The van der Waals surface area contributed by atoms with E-state index >= 15 is 0 Å². The number of hydrogen-bond donors (Lipinski definition) is 1. The fourth-order valence-electron chi connectivity index (χ4n) is 3.45. The Bertz CT molecular complexity index is 724. The van der Waals surface area contributed by atoms with Crippen molar-refractivity contribution in [1.82, 2.24) is 9.88 Å². The third-order valence-electron chi connectivity index (χ3n) is 4.91. The minimum atomic E-state index is -0.292. The van der Waals surface area contributed by atoms with Gasteiger partial charge < -0.3 is 15.1 Å². The number of aromatic nitrogens is 1. The van der Waals surface area contributed by atoms with Crippen LogP contribution < -0.4 is 5.73 Å². The summed E-state index contributed by atoms with van der Waals surface area (Å²) in [5, 5.41) is 0. The quantitative estimate of drug-likeness (QED) is 0.801. The predicted octanol–water partition coefficient (Wildman–Crippen LogP) is 3.84. The molecular weight excluding hydrogens is 392 g/mol. The van der Waals surface area contributed by atoms with Crippen molar-refractivity contribution in [2.24, 2.45) is 11.7 Å². The van der Waals surface area contributed by atoms with E-state index in [1.165, 1.54) is 12.1 Å². The number of nitrogens with zero attached hydrogens (tertiary/aromatic N) is 2. The van der Waals surface area contributed by atoms with E-state index in [4.69, 9.17) is 10.2 Å². The van der Waals surface area contributed by atoms with Gasteiger partial charge in [-0.25, -0.2) is 9.37 Å². The van der Waals surface area contributed by atoms with Crippen LogP contribution in [0.3, 0.4) is 0 Å². The first kappa shape index (κ1) is 23.4. The highest BCUT2D eigenvalue weighted by Gasteiger charge is 2.30. The van der Waals surface area contributed by atoms with Crippen LogP contribution in [-0.4, -0.2) is 34.9 Å². The number of aryl methyl sites for hydroxylation is 1. The van der Waals surface area contributed by atoms with E-state index in [1.807, 2.05) is 4.90 Å². The number of amides is 1. The number of nitrogens with two attached hydrogens (primary N) is 1. The number of carbonyl (C=O) groups is 1. The zero-order valence-corrected chi connectivity index (χ0v) is 16.9. The van der Waals surface area contributed by atoms with Gasteiger partial charge in [-0.1, -0.05) is 6.92 Å².